The number of fused-ring (bicyclic) bond motifs is 1. The number of methoxy groups -OCH3 is 1. The van der Waals surface area contributed by atoms with Gasteiger partial charge in [-0.2, -0.15) is 4.31 Å². The van der Waals surface area contributed by atoms with E-state index in [-0.39, 0.29) is 53.1 Å². The molecular weight excluding hydrogens is 474 g/mol. The number of nitrogens with one attached hydrogen (secondary N) is 1. The van der Waals surface area contributed by atoms with E-state index in [0.29, 0.717) is 4.31 Å². The maximum atomic E-state index is 12.9. The first-order valence-corrected chi connectivity index (χ1v) is 12.8. The van der Waals surface area contributed by atoms with Crippen molar-refractivity contribution in [2.24, 2.45) is 0 Å². The van der Waals surface area contributed by atoms with Crippen LogP contribution < -0.4 is 10.1 Å². The molecule has 1 saturated heterocycles. The van der Waals surface area contributed by atoms with Crippen LogP contribution in [0.2, 0.25) is 0 Å². The summed E-state index contributed by atoms with van der Waals surface area (Å²) in [4.78, 5) is 25.0. The van der Waals surface area contributed by atoms with E-state index < -0.39 is 38.4 Å². The van der Waals surface area contributed by atoms with Crippen LogP contribution in [-0.4, -0.2) is 77.2 Å². The first kappa shape index (κ1) is 23.2. The Labute approximate surface area is 191 Å². The van der Waals surface area contributed by atoms with E-state index in [2.05, 4.69) is 5.32 Å². The Morgan fingerprint density at radius 3 is 2.52 bits per heavy atom. The summed E-state index contributed by atoms with van der Waals surface area (Å²) in [5.41, 5.74) is 0.0138. The fraction of sp³-hybridized carbons (Fsp3) is 0.300. The van der Waals surface area contributed by atoms with E-state index in [0.717, 1.165) is 0 Å². The van der Waals surface area contributed by atoms with Gasteiger partial charge in [0.15, 0.2) is 0 Å². The van der Waals surface area contributed by atoms with Gasteiger partial charge in [0, 0.05) is 13.1 Å². The molecule has 4 rings (SSSR count). The number of hydrogen-bond donors (Lipinski definition) is 1. The van der Waals surface area contributed by atoms with Crippen molar-refractivity contribution >= 4 is 37.5 Å². The monoisotopic (exact) mass is 495 g/mol. The van der Waals surface area contributed by atoms with Crippen molar-refractivity contribution in [3.8, 4) is 5.75 Å². The molecule has 2 aromatic rings. The maximum absolute atomic E-state index is 12.9. The van der Waals surface area contributed by atoms with Crippen LogP contribution in [0, 0.1) is 0 Å². The summed E-state index contributed by atoms with van der Waals surface area (Å²) in [6, 6.07) is 9.65. The summed E-state index contributed by atoms with van der Waals surface area (Å²) in [6.07, 6.45) is 0. The lowest BCUT2D eigenvalue weighted by atomic mass is 10.2. The van der Waals surface area contributed by atoms with Crippen molar-refractivity contribution in [1.82, 2.24) is 8.61 Å². The van der Waals surface area contributed by atoms with Crippen LogP contribution in [0.1, 0.15) is 10.4 Å². The molecule has 0 spiro atoms. The molecule has 2 aromatic carbocycles. The molecule has 0 unspecified atom stereocenters. The lowest BCUT2D eigenvalue weighted by Gasteiger charge is -2.26. The number of carbonyl (C=O) groups is 2. The highest BCUT2D eigenvalue weighted by molar-refractivity contribution is 7.90. The minimum Gasteiger partial charge on any atom is -0.495 e. The highest BCUT2D eigenvalue weighted by Crippen LogP contribution is 2.31. The number of hydrogen-bond acceptors (Lipinski definition) is 8. The van der Waals surface area contributed by atoms with Gasteiger partial charge < -0.3 is 14.8 Å². The first-order valence-electron chi connectivity index (χ1n) is 9.88. The fourth-order valence-corrected chi connectivity index (χ4v) is 6.55. The van der Waals surface area contributed by atoms with Gasteiger partial charge >= 0.3 is 0 Å². The van der Waals surface area contributed by atoms with Gasteiger partial charge in [-0.05, 0) is 30.3 Å². The van der Waals surface area contributed by atoms with Crippen LogP contribution in [-0.2, 0) is 29.6 Å². The van der Waals surface area contributed by atoms with E-state index in [1.54, 1.807) is 0 Å². The topological polar surface area (TPSA) is 139 Å². The van der Waals surface area contributed by atoms with E-state index >= 15 is 0 Å². The third-order valence-electron chi connectivity index (χ3n) is 5.25. The Morgan fingerprint density at radius 2 is 1.85 bits per heavy atom. The number of morpholine rings is 1. The van der Waals surface area contributed by atoms with Gasteiger partial charge in [0.2, 0.25) is 15.9 Å². The van der Waals surface area contributed by atoms with Crippen LogP contribution in [0.4, 0.5) is 5.69 Å². The largest absolute Gasteiger partial charge is 0.495 e. The van der Waals surface area contributed by atoms with Crippen LogP contribution in [0.5, 0.6) is 5.75 Å². The number of anilines is 1. The molecule has 2 amide bonds. The van der Waals surface area contributed by atoms with Gasteiger partial charge in [0.25, 0.3) is 15.9 Å². The highest BCUT2D eigenvalue weighted by Gasteiger charge is 2.41. The van der Waals surface area contributed by atoms with Gasteiger partial charge in [-0.25, -0.2) is 21.1 Å². The third kappa shape index (κ3) is 4.19. The molecule has 176 valence electrons. The standard InChI is InChI=1S/C20H21N3O8S2/c1-30-17-7-6-14(32(26,27)22-8-10-31-11-9-22)12-16(17)21-19(24)13-23-20(25)15-4-2-3-5-18(15)33(23,28)29/h2-7,12H,8-11,13H2,1H3,(H,21,24). The molecule has 0 aliphatic carbocycles. The quantitative estimate of drug-likeness (QED) is 0.611. The summed E-state index contributed by atoms with van der Waals surface area (Å²) >= 11 is 0. The van der Waals surface area contributed by atoms with E-state index in [1.165, 1.54) is 53.9 Å². The zero-order valence-corrected chi connectivity index (χ0v) is 19.2. The van der Waals surface area contributed by atoms with Crippen LogP contribution in [0.25, 0.3) is 0 Å². The molecule has 11 nitrogen and oxygen atoms in total. The summed E-state index contributed by atoms with van der Waals surface area (Å²) in [5, 5.41) is 2.46. The average Bonchev–Trinajstić information content (AvgIpc) is 3.00. The number of ether oxygens (including phenoxy) is 2. The van der Waals surface area contributed by atoms with Crippen LogP contribution in [0.3, 0.4) is 0 Å². The van der Waals surface area contributed by atoms with Gasteiger partial charge in [0.1, 0.15) is 17.2 Å². The van der Waals surface area contributed by atoms with E-state index in [1.807, 2.05) is 0 Å². The second-order valence-electron chi connectivity index (χ2n) is 7.24. The molecule has 0 atom stereocenters. The zero-order valence-electron chi connectivity index (χ0n) is 17.6. The van der Waals surface area contributed by atoms with Gasteiger partial charge in [0.05, 0.1) is 36.5 Å². The molecular formula is C20H21N3O8S2. The Hall–Kier alpha value is -3.00. The number of carbonyl (C=O) groups excluding carboxylic acids is 2. The molecule has 2 aliphatic rings. The van der Waals surface area contributed by atoms with Crippen molar-refractivity contribution < 1.29 is 35.9 Å². The minimum atomic E-state index is -4.17. The zero-order chi connectivity index (χ0) is 23.8. The molecule has 1 fully saturated rings. The van der Waals surface area contributed by atoms with Crippen molar-refractivity contribution in [3.63, 3.8) is 0 Å². The first-order chi connectivity index (χ1) is 15.7. The molecule has 0 bridgehead atoms. The second-order valence-corrected chi connectivity index (χ2v) is 11.0. The van der Waals surface area contributed by atoms with Crippen molar-refractivity contribution in [2.75, 3.05) is 45.3 Å². The van der Waals surface area contributed by atoms with Gasteiger partial charge in [-0.3, -0.25) is 9.59 Å². The molecule has 2 heterocycles. The number of amides is 2. The molecule has 13 heteroatoms. The van der Waals surface area contributed by atoms with Crippen molar-refractivity contribution in [2.45, 2.75) is 9.79 Å². The highest BCUT2D eigenvalue weighted by atomic mass is 32.2. The lowest BCUT2D eigenvalue weighted by Crippen LogP contribution is -2.40. The number of benzene rings is 2. The Bertz CT molecular complexity index is 1320. The maximum Gasteiger partial charge on any atom is 0.269 e. The molecule has 0 radical (unpaired) electrons. The predicted molar refractivity (Wildman–Crippen MR) is 116 cm³/mol. The van der Waals surface area contributed by atoms with Crippen LogP contribution >= 0.6 is 0 Å². The molecule has 0 saturated carbocycles. The van der Waals surface area contributed by atoms with Gasteiger partial charge in [-0.15, -0.1) is 0 Å². The van der Waals surface area contributed by atoms with Crippen molar-refractivity contribution in [1.29, 1.82) is 0 Å². The Kier molecular flexibility index (Phi) is 6.14. The third-order valence-corrected chi connectivity index (χ3v) is 8.93. The van der Waals surface area contributed by atoms with Crippen LogP contribution in [0.15, 0.2) is 52.3 Å². The molecule has 2 aliphatic heterocycles. The SMILES string of the molecule is COc1ccc(S(=O)(=O)N2CCOCC2)cc1NC(=O)CN1C(=O)c2ccccc2S1(=O)=O. The molecule has 1 N–H and O–H groups in total. The summed E-state index contributed by atoms with van der Waals surface area (Å²) in [6.45, 7) is 0.177. The number of rotatable bonds is 6. The normalized spacial score (nSPS) is 18.1. The van der Waals surface area contributed by atoms with Gasteiger partial charge in [-0.1, -0.05) is 12.1 Å². The van der Waals surface area contributed by atoms with Crippen molar-refractivity contribution in [3.05, 3.63) is 48.0 Å². The summed E-state index contributed by atoms with van der Waals surface area (Å²) < 4.78 is 63.4. The molecule has 33 heavy (non-hydrogen) atoms. The summed E-state index contributed by atoms with van der Waals surface area (Å²) in [5.74, 6) is -1.47. The number of sulfonamides is 2. The smallest absolute Gasteiger partial charge is 0.269 e. The number of nitrogens with zero attached hydrogens (tertiary/aromatic N) is 2. The minimum absolute atomic E-state index is 0.0125. The summed E-state index contributed by atoms with van der Waals surface area (Å²) in [7, 11) is -6.67. The average molecular weight is 496 g/mol. The van der Waals surface area contributed by atoms with E-state index in [9.17, 15) is 26.4 Å². The second kappa shape index (κ2) is 8.74. The van der Waals surface area contributed by atoms with E-state index in [4.69, 9.17) is 9.47 Å². The predicted octanol–water partition coefficient (Wildman–Crippen LogP) is 0.499. The lowest BCUT2D eigenvalue weighted by molar-refractivity contribution is -0.116. The Morgan fingerprint density at radius 1 is 1.15 bits per heavy atom. The molecule has 0 aromatic heterocycles. The fourth-order valence-electron chi connectivity index (χ4n) is 3.59. The Balaban J connectivity index is 1.57.